The normalized spacial score (nSPS) is 10.8. The van der Waals surface area contributed by atoms with E-state index in [2.05, 4.69) is 0 Å². The minimum Gasteiger partial charge on any atom is -0.344 e. The Morgan fingerprint density at radius 2 is 2.06 bits per heavy atom. The molecule has 1 amide bonds. The molecular formula is C12H11FN2O. The number of carbonyl (C=O) groups is 1. The fourth-order valence-corrected chi connectivity index (χ4v) is 1.13. The quantitative estimate of drug-likeness (QED) is 0.561. The summed E-state index contributed by atoms with van der Waals surface area (Å²) in [5, 5.41) is 8.81. The lowest BCUT2D eigenvalue weighted by molar-refractivity contribution is -0.124. The molecule has 0 bridgehead atoms. The number of rotatable bonds is 2. The molecular weight excluding hydrogens is 207 g/mol. The van der Waals surface area contributed by atoms with Crippen molar-refractivity contribution in [3.8, 4) is 6.07 Å². The highest BCUT2D eigenvalue weighted by atomic mass is 19.1. The van der Waals surface area contributed by atoms with Crippen LogP contribution in [0.5, 0.6) is 0 Å². The van der Waals surface area contributed by atoms with E-state index < -0.39 is 11.7 Å². The third-order valence-corrected chi connectivity index (χ3v) is 1.96. The van der Waals surface area contributed by atoms with E-state index >= 15 is 0 Å². The molecule has 4 heteroatoms. The van der Waals surface area contributed by atoms with E-state index in [1.54, 1.807) is 18.2 Å². The first kappa shape index (κ1) is 11.9. The molecule has 0 unspecified atom stereocenters. The second-order valence-electron chi connectivity index (χ2n) is 3.39. The Kier molecular flexibility index (Phi) is 3.78. The molecule has 0 aromatic heterocycles. The maximum atomic E-state index is 13.3. The van der Waals surface area contributed by atoms with Crippen molar-refractivity contribution in [2.24, 2.45) is 0 Å². The fourth-order valence-electron chi connectivity index (χ4n) is 1.13. The van der Waals surface area contributed by atoms with Crippen molar-refractivity contribution in [3.63, 3.8) is 0 Å². The van der Waals surface area contributed by atoms with Crippen molar-refractivity contribution in [1.29, 1.82) is 5.26 Å². The molecule has 0 fully saturated rings. The minimum absolute atomic E-state index is 0.0879. The second kappa shape index (κ2) is 5.08. The van der Waals surface area contributed by atoms with E-state index in [0.29, 0.717) is 0 Å². The summed E-state index contributed by atoms with van der Waals surface area (Å²) in [6.07, 6.45) is 1.25. The Bertz CT molecular complexity index is 472. The molecule has 0 aliphatic rings. The number of halogens is 1. The van der Waals surface area contributed by atoms with Crippen molar-refractivity contribution >= 4 is 12.0 Å². The van der Waals surface area contributed by atoms with Gasteiger partial charge in [-0.2, -0.15) is 5.26 Å². The first-order chi connectivity index (χ1) is 7.56. The Morgan fingerprint density at radius 3 is 2.56 bits per heavy atom. The molecule has 0 spiro atoms. The van der Waals surface area contributed by atoms with Gasteiger partial charge in [-0.3, -0.25) is 4.79 Å². The molecule has 0 aliphatic heterocycles. The van der Waals surface area contributed by atoms with Crippen LogP contribution >= 0.6 is 0 Å². The lowest BCUT2D eigenvalue weighted by atomic mass is 10.1. The average molecular weight is 218 g/mol. The zero-order valence-electron chi connectivity index (χ0n) is 9.07. The maximum absolute atomic E-state index is 13.3. The van der Waals surface area contributed by atoms with Crippen LogP contribution in [-0.4, -0.2) is 24.9 Å². The molecule has 0 saturated carbocycles. The zero-order valence-corrected chi connectivity index (χ0v) is 9.07. The van der Waals surface area contributed by atoms with Crippen molar-refractivity contribution in [2.45, 2.75) is 0 Å². The highest BCUT2D eigenvalue weighted by Crippen LogP contribution is 2.12. The molecule has 16 heavy (non-hydrogen) atoms. The van der Waals surface area contributed by atoms with Crippen LogP contribution < -0.4 is 0 Å². The lowest BCUT2D eigenvalue weighted by Crippen LogP contribution is -2.22. The van der Waals surface area contributed by atoms with Crippen molar-refractivity contribution < 1.29 is 9.18 Å². The van der Waals surface area contributed by atoms with Crippen LogP contribution in [0.25, 0.3) is 6.08 Å². The van der Waals surface area contributed by atoms with Gasteiger partial charge >= 0.3 is 0 Å². The van der Waals surface area contributed by atoms with Gasteiger partial charge in [0.2, 0.25) is 0 Å². The molecule has 0 saturated heterocycles. The smallest absolute Gasteiger partial charge is 0.264 e. The Morgan fingerprint density at radius 1 is 1.44 bits per heavy atom. The largest absolute Gasteiger partial charge is 0.344 e. The van der Waals surface area contributed by atoms with E-state index in [1.165, 1.54) is 37.2 Å². The summed E-state index contributed by atoms with van der Waals surface area (Å²) < 4.78 is 13.3. The van der Waals surface area contributed by atoms with Gasteiger partial charge in [0.1, 0.15) is 17.5 Å². The van der Waals surface area contributed by atoms with Crippen molar-refractivity contribution in [1.82, 2.24) is 4.90 Å². The molecule has 0 radical (unpaired) electrons. The number of likely N-dealkylation sites (N-methyl/N-ethyl adjacent to an activating group) is 1. The first-order valence-corrected chi connectivity index (χ1v) is 4.64. The summed E-state index contributed by atoms with van der Waals surface area (Å²) in [5.41, 5.74) is 0.143. The number of nitrogens with zero attached hydrogens (tertiary/aromatic N) is 2. The number of nitriles is 1. The zero-order chi connectivity index (χ0) is 12.1. The molecule has 0 heterocycles. The average Bonchev–Trinajstić information content (AvgIpc) is 2.27. The van der Waals surface area contributed by atoms with Crippen LogP contribution in [-0.2, 0) is 4.79 Å². The third-order valence-electron chi connectivity index (χ3n) is 1.96. The highest BCUT2D eigenvalue weighted by Gasteiger charge is 2.11. The highest BCUT2D eigenvalue weighted by molar-refractivity contribution is 6.01. The van der Waals surface area contributed by atoms with Gasteiger partial charge in [0.05, 0.1) is 0 Å². The number of carbonyl (C=O) groups excluding carboxylic acids is 1. The standard InChI is InChI=1S/C12H11FN2O/c1-15(2)12(16)10(8-14)7-9-5-3-4-6-11(9)13/h3-7H,1-2H3/b10-7-. The molecule has 1 rings (SSSR count). The van der Waals surface area contributed by atoms with Gasteiger partial charge in [-0.1, -0.05) is 18.2 Å². The van der Waals surface area contributed by atoms with Crippen LogP contribution in [0.2, 0.25) is 0 Å². The topological polar surface area (TPSA) is 44.1 Å². The van der Waals surface area contributed by atoms with Crippen molar-refractivity contribution in [2.75, 3.05) is 14.1 Å². The van der Waals surface area contributed by atoms with E-state index in [9.17, 15) is 9.18 Å². The van der Waals surface area contributed by atoms with Gasteiger partial charge in [-0.05, 0) is 12.1 Å². The minimum atomic E-state index is -0.457. The van der Waals surface area contributed by atoms with E-state index in [1.807, 2.05) is 0 Å². The lowest BCUT2D eigenvalue weighted by Gasteiger charge is -2.08. The number of amides is 1. The predicted molar refractivity (Wildman–Crippen MR) is 58.7 cm³/mol. The second-order valence-corrected chi connectivity index (χ2v) is 3.39. The number of hydrogen-bond acceptors (Lipinski definition) is 2. The predicted octanol–water partition coefficient (Wildman–Crippen LogP) is 1.82. The van der Waals surface area contributed by atoms with E-state index in [-0.39, 0.29) is 11.1 Å². The summed E-state index contributed by atoms with van der Waals surface area (Å²) in [4.78, 5) is 12.8. The van der Waals surface area contributed by atoms with E-state index in [0.717, 1.165) is 0 Å². The molecule has 3 nitrogen and oxygen atoms in total. The maximum Gasteiger partial charge on any atom is 0.264 e. The summed E-state index contributed by atoms with van der Waals surface area (Å²) >= 11 is 0. The Balaban J connectivity index is 3.12. The molecule has 0 aliphatic carbocycles. The van der Waals surface area contributed by atoms with Gasteiger partial charge in [0, 0.05) is 19.7 Å². The van der Waals surface area contributed by atoms with Gasteiger partial charge in [-0.25, -0.2) is 4.39 Å². The summed E-state index contributed by atoms with van der Waals surface area (Å²) in [6, 6.07) is 7.74. The Labute approximate surface area is 93.4 Å². The Hall–Kier alpha value is -2.15. The third kappa shape index (κ3) is 2.67. The van der Waals surface area contributed by atoms with Crippen LogP contribution in [0.15, 0.2) is 29.8 Å². The monoisotopic (exact) mass is 218 g/mol. The number of benzene rings is 1. The molecule has 1 aromatic carbocycles. The first-order valence-electron chi connectivity index (χ1n) is 4.64. The van der Waals surface area contributed by atoms with Gasteiger partial charge in [-0.15, -0.1) is 0 Å². The van der Waals surface area contributed by atoms with E-state index in [4.69, 9.17) is 5.26 Å². The van der Waals surface area contributed by atoms with Gasteiger partial charge < -0.3 is 4.90 Å². The van der Waals surface area contributed by atoms with Gasteiger partial charge in [0.25, 0.3) is 5.91 Å². The van der Waals surface area contributed by atoms with Crippen LogP contribution in [0.1, 0.15) is 5.56 Å². The number of hydrogen-bond donors (Lipinski definition) is 0. The van der Waals surface area contributed by atoms with Crippen molar-refractivity contribution in [3.05, 3.63) is 41.2 Å². The fraction of sp³-hybridized carbons (Fsp3) is 0.167. The van der Waals surface area contributed by atoms with Crippen LogP contribution in [0, 0.1) is 17.1 Å². The summed E-state index contributed by atoms with van der Waals surface area (Å²) in [5.74, 6) is -0.896. The van der Waals surface area contributed by atoms with Gasteiger partial charge in [0.15, 0.2) is 0 Å². The molecule has 82 valence electrons. The van der Waals surface area contributed by atoms with Crippen LogP contribution in [0.3, 0.4) is 0 Å². The summed E-state index contributed by atoms with van der Waals surface area (Å²) in [7, 11) is 3.07. The molecule has 1 aromatic rings. The molecule has 0 N–H and O–H groups in total. The summed E-state index contributed by atoms with van der Waals surface area (Å²) in [6.45, 7) is 0. The SMILES string of the molecule is CN(C)C(=O)/C(C#N)=C\c1ccccc1F. The van der Waals surface area contributed by atoms with Crippen LogP contribution in [0.4, 0.5) is 4.39 Å². The molecule has 0 atom stereocenters.